The summed E-state index contributed by atoms with van der Waals surface area (Å²) in [7, 11) is -2.01. The van der Waals surface area contributed by atoms with E-state index in [9.17, 15) is 13.2 Å². The number of primary sulfonamides is 1. The lowest BCUT2D eigenvalue weighted by Crippen LogP contribution is -2.15. The Labute approximate surface area is 155 Å². The third kappa shape index (κ3) is 6.49. The van der Waals surface area contributed by atoms with Gasteiger partial charge in [-0.15, -0.1) is 0 Å². The van der Waals surface area contributed by atoms with E-state index in [4.69, 9.17) is 9.88 Å². The minimum absolute atomic E-state index is 0.153. The van der Waals surface area contributed by atoms with E-state index in [0.29, 0.717) is 24.1 Å². The summed E-state index contributed by atoms with van der Waals surface area (Å²) in [5.74, 6) is 0.316. The first-order valence-corrected chi connectivity index (χ1v) is 9.99. The minimum atomic E-state index is -3.61. The Morgan fingerprint density at radius 2 is 1.96 bits per heavy atom. The van der Waals surface area contributed by atoms with Crippen molar-refractivity contribution in [3.63, 3.8) is 0 Å². The van der Waals surface area contributed by atoms with Crippen LogP contribution in [-0.4, -0.2) is 21.4 Å². The van der Waals surface area contributed by atoms with Crippen molar-refractivity contribution >= 4 is 37.5 Å². The Morgan fingerprint density at radius 3 is 2.60 bits per heavy atom. The van der Waals surface area contributed by atoms with Gasteiger partial charge in [0.05, 0.1) is 17.3 Å². The van der Waals surface area contributed by atoms with Gasteiger partial charge < -0.3 is 10.1 Å². The average Bonchev–Trinajstić information content (AvgIpc) is 2.52. The molecule has 6 nitrogen and oxygen atoms in total. The molecule has 134 valence electrons. The number of hydrogen-bond acceptors (Lipinski definition) is 4. The number of carbonyl (C=O) groups is 1. The molecule has 0 saturated heterocycles. The Morgan fingerprint density at radius 1 is 1.20 bits per heavy atom. The number of benzene rings is 2. The lowest BCUT2D eigenvalue weighted by Gasteiger charge is -2.08. The van der Waals surface area contributed by atoms with Gasteiger partial charge in [-0.3, -0.25) is 4.79 Å². The second-order valence-electron chi connectivity index (χ2n) is 5.52. The Hall–Kier alpha value is -1.90. The van der Waals surface area contributed by atoms with Crippen LogP contribution in [0.25, 0.3) is 0 Å². The van der Waals surface area contributed by atoms with E-state index in [1.807, 2.05) is 18.2 Å². The molecule has 25 heavy (non-hydrogen) atoms. The monoisotopic (exact) mass is 426 g/mol. The zero-order valence-electron chi connectivity index (χ0n) is 13.7. The molecule has 3 N–H and O–H groups in total. The number of carbonyl (C=O) groups excluding carboxylic acids is 1. The van der Waals surface area contributed by atoms with Crippen molar-refractivity contribution in [1.82, 2.24) is 0 Å². The largest absolute Gasteiger partial charge is 0.496 e. The summed E-state index contributed by atoms with van der Waals surface area (Å²) >= 11 is 3.42. The molecule has 0 radical (unpaired) electrons. The van der Waals surface area contributed by atoms with Crippen LogP contribution in [0, 0.1) is 0 Å². The molecule has 2 aromatic carbocycles. The first-order chi connectivity index (χ1) is 11.8. The number of rotatable bonds is 7. The third-order valence-corrected chi connectivity index (χ3v) is 4.79. The van der Waals surface area contributed by atoms with Gasteiger partial charge >= 0.3 is 0 Å². The van der Waals surface area contributed by atoms with Gasteiger partial charge in [0.2, 0.25) is 15.9 Å². The molecule has 0 saturated carbocycles. The SMILES string of the molecule is COc1ccc(CCC(=O)Nc2cccc(CS(N)(=O)=O)c2)cc1Br. The topological polar surface area (TPSA) is 98.5 Å². The van der Waals surface area contributed by atoms with Crippen molar-refractivity contribution in [3.05, 3.63) is 58.1 Å². The van der Waals surface area contributed by atoms with Crippen LogP contribution >= 0.6 is 15.9 Å². The number of anilines is 1. The van der Waals surface area contributed by atoms with Gasteiger partial charge in [-0.1, -0.05) is 18.2 Å². The molecule has 0 aromatic heterocycles. The Balaban J connectivity index is 1.94. The molecule has 0 spiro atoms. The summed E-state index contributed by atoms with van der Waals surface area (Å²) in [5.41, 5.74) is 2.08. The van der Waals surface area contributed by atoms with Crippen LogP contribution < -0.4 is 15.2 Å². The minimum Gasteiger partial charge on any atom is -0.496 e. The Kier molecular flexibility index (Phi) is 6.57. The van der Waals surface area contributed by atoms with Crippen molar-refractivity contribution in [3.8, 4) is 5.75 Å². The molecule has 0 aliphatic rings. The van der Waals surface area contributed by atoms with Crippen LogP contribution in [0.5, 0.6) is 5.75 Å². The highest BCUT2D eigenvalue weighted by Gasteiger charge is 2.08. The zero-order valence-corrected chi connectivity index (χ0v) is 16.1. The third-order valence-electron chi connectivity index (χ3n) is 3.44. The fourth-order valence-electron chi connectivity index (χ4n) is 2.32. The number of methoxy groups -OCH3 is 1. The van der Waals surface area contributed by atoms with E-state index >= 15 is 0 Å². The number of aryl methyl sites for hydroxylation is 1. The highest BCUT2D eigenvalue weighted by atomic mass is 79.9. The molecule has 2 aromatic rings. The molecule has 0 bridgehead atoms. The van der Waals surface area contributed by atoms with E-state index in [-0.39, 0.29) is 11.7 Å². The number of halogens is 1. The summed E-state index contributed by atoms with van der Waals surface area (Å²) < 4.78 is 28.3. The summed E-state index contributed by atoms with van der Waals surface area (Å²) in [6.07, 6.45) is 0.878. The number of sulfonamides is 1. The molecule has 0 fully saturated rings. The first kappa shape index (κ1) is 19.4. The molecular formula is C17H19BrN2O4S. The van der Waals surface area contributed by atoms with Crippen LogP contribution in [0.4, 0.5) is 5.69 Å². The van der Waals surface area contributed by atoms with Crippen molar-refractivity contribution < 1.29 is 17.9 Å². The second kappa shape index (κ2) is 8.46. The molecule has 0 unspecified atom stereocenters. The van der Waals surface area contributed by atoms with E-state index in [1.54, 1.807) is 31.4 Å². The highest BCUT2D eigenvalue weighted by Crippen LogP contribution is 2.26. The quantitative estimate of drug-likeness (QED) is 0.710. The average molecular weight is 427 g/mol. The van der Waals surface area contributed by atoms with Crippen molar-refractivity contribution in [2.24, 2.45) is 5.14 Å². The molecular weight excluding hydrogens is 408 g/mol. The lowest BCUT2D eigenvalue weighted by atomic mass is 10.1. The summed E-state index contributed by atoms with van der Waals surface area (Å²) in [4.78, 5) is 12.1. The summed E-state index contributed by atoms with van der Waals surface area (Å²) in [6, 6.07) is 12.3. The van der Waals surface area contributed by atoms with Gasteiger partial charge in [0.1, 0.15) is 5.75 Å². The molecule has 0 aliphatic heterocycles. The van der Waals surface area contributed by atoms with Gasteiger partial charge in [0, 0.05) is 12.1 Å². The van der Waals surface area contributed by atoms with Crippen LogP contribution in [0.1, 0.15) is 17.5 Å². The van der Waals surface area contributed by atoms with Gasteiger partial charge in [-0.25, -0.2) is 13.6 Å². The maximum Gasteiger partial charge on any atom is 0.224 e. The fraction of sp³-hybridized carbons (Fsp3) is 0.235. The zero-order chi connectivity index (χ0) is 18.4. The van der Waals surface area contributed by atoms with Gasteiger partial charge in [0.15, 0.2) is 0 Å². The van der Waals surface area contributed by atoms with Crippen LogP contribution in [-0.2, 0) is 27.0 Å². The molecule has 0 atom stereocenters. The maximum atomic E-state index is 12.1. The Bertz CT molecular complexity index is 869. The molecule has 0 aliphatic carbocycles. The van der Waals surface area contributed by atoms with Crippen LogP contribution in [0.15, 0.2) is 46.9 Å². The number of nitrogens with two attached hydrogens (primary N) is 1. The van der Waals surface area contributed by atoms with E-state index < -0.39 is 10.0 Å². The number of amides is 1. The van der Waals surface area contributed by atoms with Gasteiger partial charge in [-0.05, 0) is 57.7 Å². The smallest absolute Gasteiger partial charge is 0.224 e. The number of ether oxygens (including phenoxy) is 1. The number of nitrogens with one attached hydrogen (secondary N) is 1. The lowest BCUT2D eigenvalue weighted by molar-refractivity contribution is -0.116. The fourth-order valence-corrected chi connectivity index (χ4v) is 3.55. The van der Waals surface area contributed by atoms with Crippen molar-refractivity contribution in [2.75, 3.05) is 12.4 Å². The van der Waals surface area contributed by atoms with Crippen LogP contribution in [0.2, 0.25) is 0 Å². The molecule has 2 rings (SSSR count). The second-order valence-corrected chi connectivity index (χ2v) is 7.99. The normalized spacial score (nSPS) is 11.2. The highest BCUT2D eigenvalue weighted by molar-refractivity contribution is 9.10. The van der Waals surface area contributed by atoms with Crippen molar-refractivity contribution in [1.29, 1.82) is 0 Å². The summed E-state index contributed by atoms with van der Waals surface area (Å²) in [6.45, 7) is 0. The standard InChI is InChI=1S/C17H19BrN2O4S/c1-24-16-7-5-12(10-15(16)18)6-8-17(21)20-14-4-2-3-13(9-14)11-25(19,22)23/h2-5,7,9-10H,6,8,11H2,1H3,(H,20,21)(H2,19,22,23). The predicted octanol–water partition coefficient (Wildman–Crippen LogP) is 2.82. The number of hydrogen-bond donors (Lipinski definition) is 2. The van der Waals surface area contributed by atoms with E-state index in [0.717, 1.165) is 15.8 Å². The van der Waals surface area contributed by atoms with E-state index in [1.165, 1.54) is 0 Å². The van der Waals surface area contributed by atoms with E-state index in [2.05, 4.69) is 21.2 Å². The van der Waals surface area contributed by atoms with Crippen LogP contribution in [0.3, 0.4) is 0 Å². The molecule has 0 heterocycles. The van der Waals surface area contributed by atoms with Gasteiger partial charge in [-0.2, -0.15) is 0 Å². The first-order valence-electron chi connectivity index (χ1n) is 7.48. The van der Waals surface area contributed by atoms with Gasteiger partial charge in [0.25, 0.3) is 0 Å². The maximum absolute atomic E-state index is 12.1. The summed E-state index contributed by atoms with van der Waals surface area (Å²) in [5, 5.41) is 7.80. The molecule has 1 amide bonds. The predicted molar refractivity (Wildman–Crippen MR) is 101 cm³/mol. The molecule has 8 heteroatoms. The van der Waals surface area contributed by atoms with Crippen molar-refractivity contribution in [2.45, 2.75) is 18.6 Å².